The average molecular weight is 401 g/mol. The molecule has 3 aromatic carbocycles. The van der Waals surface area contributed by atoms with E-state index in [0.29, 0.717) is 6.42 Å². The maximum atomic E-state index is 12.8. The van der Waals surface area contributed by atoms with Gasteiger partial charge in [0.2, 0.25) is 5.91 Å². The Morgan fingerprint density at radius 2 is 1.33 bits per heavy atom. The molecule has 1 heterocycles. The highest BCUT2D eigenvalue weighted by Gasteiger charge is 2.28. The summed E-state index contributed by atoms with van der Waals surface area (Å²) in [5.74, 6) is 1.00. The Morgan fingerprint density at radius 3 is 1.83 bits per heavy atom. The van der Waals surface area contributed by atoms with Crippen LogP contribution in [-0.4, -0.2) is 49.0 Å². The van der Waals surface area contributed by atoms with Crippen molar-refractivity contribution in [1.29, 1.82) is 0 Å². The van der Waals surface area contributed by atoms with Crippen molar-refractivity contribution < 1.29 is 9.53 Å². The van der Waals surface area contributed by atoms with E-state index in [-0.39, 0.29) is 11.9 Å². The molecule has 3 aromatic rings. The second kappa shape index (κ2) is 9.59. The summed E-state index contributed by atoms with van der Waals surface area (Å²) in [6, 6.07) is 29.2. The minimum absolute atomic E-state index is 0.191. The first-order valence-electron chi connectivity index (χ1n) is 10.5. The lowest BCUT2D eigenvalue weighted by atomic mass is 9.96. The summed E-state index contributed by atoms with van der Waals surface area (Å²) < 4.78 is 5.20. The van der Waals surface area contributed by atoms with Crippen molar-refractivity contribution in [1.82, 2.24) is 9.80 Å². The van der Waals surface area contributed by atoms with Crippen LogP contribution in [-0.2, 0) is 11.2 Å². The zero-order chi connectivity index (χ0) is 20.8. The molecule has 154 valence electrons. The lowest BCUT2D eigenvalue weighted by Gasteiger charge is -2.40. The molecule has 0 spiro atoms. The fraction of sp³-hybridized carbons (Fsp3) is 0.269. The fourth-order valence-corrected chi connectivity index (χ4v) is 4.14. The Labute approximate surface area is 178 Å². The second-order valence-corrected chi connectivity index (χ2v) is 7.67. The molecule has 1 fully saturated rings. The van der Waals surface area contributed by atoms with Crippen molar-refractivity contribution in [3.8, 4) is 5.75 Å². The van der Waals surface area contributed by atoms with E-state index in [0.717, 1.165) is 37.5 Å². The quantitative estimate of drug-likeness (QED) is 0.623. The normalized spacial score (nSPS) is 14.7. The zero-order valence-corrected chi connectivity index (χ0v) is 17.4. The third-order valence-electron chi connectivity index (χ3n) is 5.78. The van der Waals surface area contributed by atoms with Crippen LogP contribution in [0, 0.1) is 0 Å². The molecule has 0 radical (unpaired) electrons. The van der Waals surface area contributed by atoms with Gasteiger partial charge in [-0.1, -0.05) is 72.8 Å². The Morgan fingerprint density at radius 1 is 0.800 bits per heavy atom. The summed E-state index contributed by atoms with van der Waals surface area (Å²) in [5, 5.41) is 0. The monoisotopic (exact) mass is 400 g/mol. The van der Waals surface area contributed by atoms with Crippen molar-refractivity contribution in [2.45, 2.75) is 12.5 Å². The van der Waals surface area contributed by atoms with Gasteiger partial charge in [-0.2, -0.15) is 0 Å². The van der Waals surface area contributed by atoms with Crippen LogP contribution < -0.4 is 4.74 Å². The van der Waals surface area contributed by atoms with E-state index >= 15 is 0 Å². The van der Waals surface area contributed by atoms with Crippen LogP contribution in [0.3, 0.4) is 0 Å². The summed E-state index contributed by atoms with van der Waals surface area (Å²) in [4.78, 5) is 17.3. The lowest BCUT2D eigenvalue weighted by Crippen LogP contribution is -2.50. The molecule has 1 aliphatic heterocycles. The lowest BCUT2D eigenvalue weighted by molar-refractivity contribution is -0.132. The van der Waals surface area contributed by atoms with E-state index in [4.69, 9.17) is 4.74 Å². The van der Waals surface area contributed by atoms with E-state index < -0.39 is 0 Å². The number of rotatable bonds is 6. The van der Waals surface area contributed by atoms with Gasteiger partial charge in [0.25, 0.3) is 0 Å². The Bertz CT molecular complexity index is 894. The number of methoxy groups -OCH3 is 1. The minimum atomic E-state index is 0.191. The van der Waals surface area contributed by atoms with E-state index in [9.17, 15) is 4.79 Å². The van der Waals surface area contributed by atoms with Gasteiger partial charge in [-0.3, -0.25) is 9.69 Å². The first-order valence-corrected chi connectivity index (χ1v) is 10.5. The molecule has 0 atom stereocenters. The van der Waals surface area contributed by atoms with Gasteiger partial charge in [0.05, 0.1) is 19.6 Å². The molecule has 0 N–H and O–H groups in total. The molecule has 0 saturated carbocycles. The van der Waals surface area contributed by atoms with Crippen molar-refractivity contribution in [3.63, 3.8) is 0 Å². The third-order valence-corrected chi connectivity index (χ3v) is 5.78. The van der Waals surface area contributed by atoms with Gasteiger partial charge in [-0.25, -0.2) is 0 Å². The van der Waals surface area contributed by atoms with Crippen LogP contribution in [0.4, 0.5) is 0 Å². The van der Waals surface area contributed by atoms with Crippen LogP contribution in [0.1, 0.15) is 22.7 Å². The van der Waals surface area contributed by atoms with Gasteiger partial charge in [0.15, 0.2) is 0 Å². The number of carbonyl (C=O) groups is 1. The van der Waals surface area contributed by atoms with Crippen molar-refractivity contribution in [3.05, 3.63) is 102 Å². The minimum Gasteiger partial charge on any atom is -0.497 e. The molecule has 30 heavy (non-hydrogen) atoms. The van der Waals surface area contributed by atoms with E-state index in [1.54, 1.807) is 7.11 Å². The van der Waals surface area contributed by atoms with Crippen LogP contribution in [0.5, 0.6) is 5.75 Å². The summed E-state index contributed by atoms with van der Waals surface area (Å²) in [5.41, 5.74) is 3.61. The van der Waals surface area contributed by atoms with Crippen LogP contribution in [0.15, 0.2) is 84.9 Å². The molecule has 1 saturated heterocycles. The smallest absolute Gasteiger partial charge is 0.227 e. The molecule has 0 aromatic heterocycles. The molecule has 0 unspecified atom stereocenters. The van der Waals surface area contributed by atoms with Gasteiger partial charge in [0.1, 0.15) is 5.75 Å². The van der Waals surface area contributed by atoms with Gasteiger partial charge < -0.3 is 9.64 Å². The second-order valence-electron chi connectivity index (χ2n) is 7.67. The van der Waals surface area contributed by atoms with E-state index in [2.05, 4.69) is 65.6 Å². The van der Waals surface area contributed by atoms with Crippen molar-refractivity contribution in [2.24, 2.45) is 0 Å². The van der Waals surface area contributed by atoms with E-state index in [1.807, 2.05) is 29.2 Å². The van der Waals surface area contributed by atoms with Gasteiger partial charge >= 0.3 is 0 Å². The molecule has 1 amide bonds. The predicted octanol–water partition coefficient (Wildman–Crippen LogP) is 4.17. The fourth-order valence-electron chi connectivity index (χ4n) is 4.14. The van der Waals surface area contributed by atoms with Crippen LogP contribution in [0.2, 0.25) is 0 Å². The highest BCUT2D eigenvalue weighted by atomic mass is 16.5. The number of nitrogens with zero attached hydrogens (tertiary/aromatic N) is 2. The molecule has 4 nitrogen and oxygen atoms in total. The first-order chi connectivity index (χ1) is 14.7. The number of amides is 1. The van der Waals surface area contributed by atoms with Crippen molar-refractivity contribution >= 4 is 5.91 Å². The van der Waals surface area contributed by atoms with Crippen LogP contribution >= 0.6 is 0 Å². The number of piperazine rings is 1. The number of ether oxygens (including phenoxy) is 1. The molecule has 0 aliphatic carbocycles. The maximum Gasteiger partial charge on any atom is 0.227 e. The standard InChI is InChI=1S/C26H28N2O2/c1-30-24-14-12-21(13-15-24)20-25(29)27-16-18-28(19-17-27)26(22-8-4-2-5-9-22)23-10-6-3-7-11-23/h2-15,26H,16-20H2,1H3. The Balaban J connectivity index is 1.42. The van der Waals surface area contributed by atoms with Gasteiger partial charge in [0, 0.05) is 26.2 Å². The number of benzene rings is 3. The summed E-state index contributed by atoms with van der Waals surface area (Å²) in [7, 11) is 1.65. The van der Waals surface area contributed by atoms with Gasteiger partial charge in [-0.05, 0) is 28.8 Å². The van der Waals surface area contributed by atoms with Crippen molar-refractivity contribution in [2.75, 3.05) is 33.3 Å². The number of carbonyl (C=O) groups excluding carboxylic acids is 1. The number of hydrogen-bond acceptors (Lipinski definition) is 3. The molecule has 0 bridgehead atoms. The summed E-state index contributed by atoms with van der Waals surface area (Å²) in [6.45, 7) is 3.24. The molecular weight excluding hydrogens is 372 g/mol. The molecule has 4 heteroatoms. The summed E-state index contributed by atoms with van der Waals surface area (Å²) >= 11 is 0. The largest absolute Gasteiger partial charge is 0.497 e. The Kier molecular flexibility index (Phi) is 6.45. The number of hydrogen-bond donors (Lipinski definition) is 0. The predicted molar refractivity (Wildman–Crippen MR) is 120 cm³/mol. The molecule has 1 aliphatic rings. The summed E-state index contributed by atoms with van der Waals surface area (Å²) in [6.07, 6.45) is 0.435. The Hall–Kier alpha value is -3.11. The average Bonchev–Trinajstić information content (AvgIpc) is 2.81. The maximum absolute atomic E-state index is 12.8. The van der Waals surface area contributed by atoms with Crippen LogP contribution in [0.25, 0.3) is 0 Å². The highest BCUT2D eigenvalue weighted by Crippen LogP contribution is 2.29. The SMILES string of the molecule is COc1ccc(CC(=O)N2CCN(C(c3ccccc3)c3ccccc3)CC2)cc1. The third kappa shape index (κ3) is 4.71. The topological polar surface area (TPSA) is 32.8 Å². The van der Waals surface area contributed by atoms with E-state index in [1.165, 1.54) is 11.1 Å². The molecular formula is C26H28N2O2. The zero-order valence-electron chi connectivity index (χ0n) is 17.4. The van der Waals surface area contributed by atoms with Gasteiger partial charge in [-0.15, -0.1) is 0 Å². The highest BCUT2D eigenvalue weighted by molar-refractivity contribution is 5.79. The first kappa shape index (κ1) is 20.2. The molecule has 4 rings (SSSR count).